The number of hydrogen-bond donors (Lipinski definition) is 1. The molecule has 1 N–H and O–H groups in total. The van der Waals surface area contributed by atoms with Crippen molar-refractivity contribution in [1.29, 1.82) is 0 Å². The summed E-state index contributed by atoms with van der Waals surface area (Å²) in [6.07, 6.45) is 22.4. The molecule has 0 aliphatic carbocycles. The molecule has 0 saturated heterocycles. The van der Waals surface area contributed by atoms with Gasteiger partial charge in [0.25, 0.3) is 0 Å². The standard InChI is InChI=1S/C23H49NO2/c1-4-5-6-7-8-9-10-11-12-13-14-15-16-17-18-19-20-26-22-23(21-25)24(2)3/h23,25H,4-22H2,1-3H3. The summed E-state index contributed by atoms with van der Waals surface area (Å²) in [4.78, 5) is 2.02. The highest BCUT2D eigenvalue weighted by Crippen LogP contribution is 2.13. The second-order valence-corrected chi connectivity index (χ2v) is 8.18. The summed E-state index contributed by atoms with van der Waals surface area (Å²) in [5.74, 6) is 0. The molecular weight excluding hydrogens is 322 g/mol. The number of ether oxygens (including phenoxy) is 1. The number of likely N-dealkylation sites (N-methyl/N-ethyl adjacent to an activating group) is 1. The molecule has 3 heteroatoms. The van der Waals surface area contributed by atoms with Gasteiger partial charge in [-0.1, -0.05) is 103 Å². The minimum atomic E-state index is 0.135. The number of unbranched alkanes of at least 4 members (excludes halogenated alkanes) is 15. The highest BCUT2D eigenvalue weighted by atomic mass is 16.5. The zero-order chi connectivity index (χ0) is 19.3. The van der Waals surface area contributed by atoms with Crippen molar-refractivity contribution >= 4 is 0 Å². The van der Waals surface area contributed by atoms with E-state index in [-0.39, 0.29) is 12.6 Å². The molecule has 0 amide bonds. The molecule has 0 fully saturated rings. The molecular formula is C23H49NO2. The van der Waals surface area contributed by atoms with Crippen LogP contribution in [-0.2, 0) is 4.74 Å². The molecule has 0 bridgehead atoms. The highest BCUT2D eigenvalue weighted by molar-refractivity contribution is 4.62. The molecule has 0 rings (SSSR count). The fourth-order valence-electron chi connectivity index (χ4n) is 3.34. The Morgan fingerprint density at radius 3 is 1.38 bits per heavy atom. The van der Waals surface area contributed by atoms with Crippen LogP contribution in [0.4, 0.5) is 0 Å². The summed E-state index contributed by atoms with van der Waals surface area (Å²) in [5.41, 5.74) is 0. The normalized spacial score (nSPS) is 12.8. The average Bonchev–Trinajstić information content (AvgIpc) is 2.63. The minimum absolute atomic E-state index is 0.135. The number of rotatable bonds is 21. The van der Waals surface area contributed by atoms with E-state index < -0.39 is 0 Å². The highest BCUT2D eigenvalue weighted by Gasteiger charge is 2.09. The van der Waals surface area contributed by atoms with Gasteiger partial charge in [-0.15, -0.1) is 0 Å². The quantitative estimate of drug-likeness (QED) is 0.244. The van der Waals surface area contributed by atoms with E-state index in [1.165, 1.54) is 96.3 Å². The van der Waals surface area contributed by atoms with Crippen molar-refractivity contribution in [1.82, 2.24) is 4.90 Å². The van der Waals surface area contributed by atoms with Crippen molar-refractivity contribution in [2.75, 3.05) is 33.9 Å². The van der Waals surface area contributed by atoms with Crippen molar-refractivity contribution in [3.63, 3.8) is 0 Å². The summed E-state index contributed by atoms with van der Waals surface area (Å²) >= 11 is 0. The number of aliphatic hydroxyl groups excluding tert-OH is 1. The van der Waals surface area contributed by atoms with Crippen LogP contribution in [-0.4, -0.2) is 50.0 Å². The van der Waals surface area contributed by atoms with E-state index in [9.17, 15) is 5.11 Å². The molecule has 0 aromatic rings. The van der Waals surface area contributed by atoms with Gasteiger partial charge in [0.1, 0.15) is 0 Å². The van der Waals surface area contributed by atoms with Crippen LogP contribution in [0.25, 0.3) is 0 Å². The van der Waals surface area contributed by atoms with Crippen molar-refractivity contribution < 1.29 is 9.84 Å². The number of nitrogens with zero attached hydrogens (tertiary/aromatic N) is 1. The lowest BCUT2D eigenvalue weighted by atomic mass is 10.0. The second-order valence-electron chi connectivity index (χ2n) is 8.18. The van der Waals surface area contributed by atoms with Gasteiger partial charge < -0.3 is 14.7 Å². The van der Waals surface area contributed by atoms with Crippen LogP contribution >= 0.6 is 0 Å². The van der Waals surface area contributed by atoms with Gasteiger partial charge in [0.05, 0.1) is 19.3 Å². The van der Waals surface area contributed by atoms with E-state index in [1.807, 2.05) is 19.0 Å². The van der Waals surface area contributed by atoms with E-state index in [0.717, 1.165) is 13.0 Å². The zero-order valence-corrected chi connectivity index (χ0v) is 18.3. The Morgan fingerprint density at radius 2 is 1.04 bits per heavy atom. The maximum atomic E-state index is 9.22. The minimum Gasteiger partial charge on any atom is -0.395 e. The fraction of sp³-hybridized carbons (Fsp3) is 1.00. The van der Waals surface area contributed by atoms with E-state index in [4.69, 9.17) is 4.74 Å². The Balaban J connectivity index is 3.09. The lowest BCUT2D eigenvalue weighted by Crippen LogP contribution is -2.35. The summed E-state index contributed by atoms with van der Waals surface area (Å²) in [6, 6.07) is 0.135. The largest absolute Gasteiger partial charge is 0.395 e. The Labute approximate surface area is 164 Å². The molecule has 1 unspecified atom stereocenters. The molecule has 0 radical (unpaired) electrons. The summed E-state index contributed by atoms with van der Waals surface area (Å²) in [7, 11) is 3.97. The molecule has 0 aliphatic rings. The van der Waals surface area contributed by atoms with Crippen molar-refractivity contribution in [3.05, 3.63) is 0 Å². The summed E-state index contributed by atoms with van der Waals surface area (Å²) in [6.45, 7) is 3.94. The Morgan fingerprint density at radius 1 is 0.654 bits per heavy atom. The first-order valence-corrected chi connectivity index (χ1v) is 11.6. The zero-order valence-electron chi connectivity index (χ0n) is 18.3. The Hall–Kier alpha value is -0.120. The molecule has 0 aromatic heterocycles. The van der Waals surface area contributed by atoms with Gasteiger partial charge in [0, 0.05) is 6.61 Å². The van der Waals surface area contributed by atoms with Gasteiger partial charge in [-0.3, -0.25) is 0 Å². The molecule has 0 aliphatic heterocycles. The third kappa shape index (κ3) is 18.7. The van der Waals surface area contributed by atoms with Crippen molar-refractivity contribution in [2.24, 2.45) is 0 Å². The SMILES string of the molecule is CCCCCCCCCCCCCCCCCCOCC(CO)N(C)C. The molecule has 0 spiro atoms. The first-order valence-electron chi connectivity index (χ1n) is 11.6. The third-order valence-corrected chi connectivity index (χ3v) is 5.39. The van der Waals surface area contributed by atoms with Crippen LogP contribution < -0.4 is 0 Å². The molecule has 1 atom stereocenters. The fourth-order valence-corrected chi connectivity index (χ4v) is 3.34. The number of hydrogen-bond acceptors (Lipinski definition) is 3. The van der Waals surface area contributed by atoms with E-state index in [0.29, 0.717) is 6.61 Å². The van der Waals surface area contributed by atoms with Crippen LogP contribution in [0, 0.1) is 0 Å². The van der Waals surface area contributed by atoms with Gasteiger partial charge in [0.2, 0.25) is 0 Å². The van der Waals surface area contributed by atoms with Crippen LogP contribution in [0.5, 0.6) is 0 Å². The van der Waals surface area contributed by atoms with Gasteiger partial charge in [0.15, 0.2) is 0 Å². The first kappa shape index (κ1) is 25.9. The van der Waals surface area contributed by atoms with Crippen LogP contribution in [0.3, 0.4) is 0 Å². The number of aliphatic hydroxyl groups is 1. The second kappa shape index (κ2) is 21.2. The summed E-state index contributed by atoms with van der Waals surface area (Å²) in [5, 5.41) is 9.22. The van der Waals surface area contributed by atoms with E-state index in [1.54, 1.807) is 0 Å². The van der Waals surface area contributed by atoms with Gasteiger partial charge in [-0.2, -0.15) is 0 Å². The molecule has 0 heterocycles. The molecule has 0 saturated carbocycles. The smallest absolute Gasteiger partial charge is 0.0644 e. The van der Waals surface area contributed by atoms with Crippen LogP contribution in [0.2, 0.25) is 0 Å². The summed E-state index contributed by atoms with van der Waals surface area (Å²) < 4.78 is 5.67. The lowest BCUT2D eigenvalue weighted by molar-refractivity contribution is 0.0498. The van der Waals surface area contributed by atoms with Gasteiger partial charge in [-0.05, 0) is 20.5 Å². The van der Waals surface area contributed by atoms with E-state index >= 15 is 0 Å². The van der Waals surface area contributed by atoms with E-state index in [2.05, 4.69) is 6.92 Å². The Kier molecular flexibility index (Phi) is 21.1. The van der Waals surface area contributed by atoms with Gasteiger partial charge in [-0.25, -0.2) is 0 Å². The predicted octanol–water partition coefficient (Wildman–Crippen LogP) is 6.19. The van der Waals surface area contributed by atoms with Crippen LogP contribution in [0.15, 0.2) is 0 Å². The molecule has 3 nitrogen and oxygen atoms in total. The maximum Gasteiger partial charge on any atom is 0.0644 e. The Bertz CT molecular complexity index is 259. The molecule has 0 aromatic carbocycles. The molecule has 26 heavy (non-hydrogen) atoms. The first-order chi connectivity index (χ1) is 12.7. The lowest BCUT2D eigenvalue weighted by Gasteiger charge is -2.21. The van der Waals surface area contributed by atoms with Gasteiger partial charge >= 0.3 is 0 Å². The monoisotopic (exact) mass is 371 g/mol. The predicted molar refractivity (Wildman–Crippen MR) is 115 cm³/mol. The maximum absolute atomic E-state index is 9.22. The third-order valence-electron chi connectivity index (χ3n) is 5.39. The van der Waals surface area contributed by atoms with Crippen molar-refractivity contribution in [3.8, 4) is 0 Å². The molecule has 158 valence electrons. The topological polar surface area (TPSA) is 32.7 Å². The average molecular weight is 372 g/mol. The van der Waals surface area contributed by atoms with Crippen LogP contribution in [0.1, 0.15) is 110 Å². The van der Waals surface area contributed by atoms with Crippen molar-refractivity contribution in [2.45, 2.75) is 116 Å².